The zero-order chi connectivity index (χ0) is 14.0. The minimum absolute atomic E-state index is 0.353. The molecule has 4 nitrogen and oxygen atoms in total. The third-order valence-corrected chi connectivity index (χ3v) is 4.13. The largest absolute Gasteiger partial charge is 0.479 e. The van der Waals surface area contributed by atoms with E-state index in [1.807, 2.05) is 12.1 Å². The van der Waals surface area contributed by atoms with Crippen molar-refractivity contribution in [1.82, 2.24) is 4.98 Å². The van der Waals surface area contributed by atoms with Crippen molar-refractivity contribution in [3.05, 3.63) is 23.2 Å². The number of para-hydroxylation sites is 1. The van der Waals surface area contributed by atoms with Crippen molar-refractivity contribution in [2.75, 3.05) is 0 Å². The molecule has 0 aliphatic heterocycles. The molecule has 0 radical (unpaired) electrons. The lowest BCUT2D eigenvalue weighted by Gasteiger charge is -2.13. The summed E-state index contributed by atoms with van der Waals surface area (Å²) >= 11 is 1.62. The number of ether oxygens (including phenoxy) is 1. The van der Waals surface area contributed by atoms with Crippen molar-refractivity contribution in [3.8, 4) is 5.75 Å². The van der Waals surface area contributed by atoms with Gasteiger partial charge in [0.15, 0.2) is 6.10 Å². The van der Waals surface area contributed by atoms with E-state index in [9.17, 15) is 4.79 Å². The topological polar surface area (TPSA) is 59.4 Å². The molecule has 0 aliphatic rings. The van der Waals surface area contributed by atoms with Crippen LogP contribution in [-0.2, 0) is 4.79 Å². The summed E-state index contributed by atoms with van der Waals surface area (Å²) < 4.78 is 6.61. The summed E-state index contributed by atoms with van der Waals surface area (Å²) in [5, 5.41) is 10.1. The first kappa shape index (κ1) is 13.8. The van der Waals surface area contributed by atoms with Crippen LogP contribution in [0, 0.1) is 0 Å². The first-order valence-corrected chi connectivity index (χ1v) is 7.13. The Labute approximate surface area is 116 Å². The Morgan fingerprint density at radius 3 is 2.79 bits per heavy atom. The lowest BCUT2D eigenvalue weighted by molar-refractivity contribution is -0.145. The first-order chi connectivity index (χ1) is 9.02. The molecule has 1 aromatic heterocycles. The van der Waals surface area contributed by atoms with E-state index < -0.39 is 12.1 Å². The number of carbonyl (C=O) groups is 1. The zero-order valence-corrected chi connectivity index (χ0v) is 12.0. The Kier molecular flexibility index (Phi) is 4.04. The average molecular weight is 279 g/mol. The van der Waals surface area contributed by atoms with Crippen molar-refractivity contribution in [2.45, 2.75) is 39.2 Å². The molecule has 1 N–H and O–H groups in total. The van der Waals surface area contributed by atoms with Crippen molar-refractivity contribution in [1.29, 1.82) is 0 Å². The van der Waals surface area contributed by atoms with Gasteiger partial charge < -0.3 is 9.84 Å². The summed E-state index contributed by atoms with van der Waals surface area (Å²) in [6, 6.07) is 5.62. The maximum Gasteiger partial charge on any atom is 0.344 e. The number of thiazole rings is 1. The molecule has 0 bridgehead atoms. The van der Waals surface area contributed by atoms with Gasteiger partial charge in [-0.3, -0.25) is 0 Å². The molecule has 1 atom stereocenters. The molecule has 19 heavy (non-hydrogen) atoms. The van der Waals surface area contributed by atoms with Gasteiger partial charge in [0.05, 0.1) is 9.71 Å². The van der Waals surface area contributed by atoms with Crippen LogP contribution in [-0.4, -0.2) is 22.2 Å². The summed E-state index contributed by atoms with van der Waals surface area (Å²) in [5.74, 6) is -0.0413. The van der Waals surface area contributed by atoms with E-state index in [4.69, 9.17) is 9.84 Å². The van der Waals surface area contributed by atoms with Gasteiger partial charge in [-0.15, -0.1) is 11.3 Å². The molecule has 2 aromatic rings. The Bertz CT molecular complexity index is 591. The molecule has 5 heteroatoms. The highest BCUT2D eigenvalue weighted by Gasteiger charge is 2.19. The lowest BCUT2D eigenvalue weighted by Crippen LogP contribution is -2.25. The van der Waals surface area contributed by atoms with Crippen LogP contribution >= 0.6 is 11.3 Å². The van der Waals surface area contributed by atoms with Crippen LogP contribution in [0.3, 0.4) is 0 Å². The average Bonchev–Trinajstić information content (AvgIpc) is 2.80. The lowest BCUT2D eigenvalue weighted by atomic mass is 10.2. The van der Waals surface area contributed by atoms with Crippen LogP contribution in [0.5, 0.6) is 5.75 Å². The summed E-state index contributed by atoms with van der Waals surface area (Å²) in [4.78, 5) is 15.6. The fraction of sp³-hybridized carbons (Fsp3) is 0.429. The standard InChI is InChI=1S/C14H17NO3S/c1-4-9(14(16)17)18-10-6-5-7-11-12(10)15-13(19-11)8(2)3/h5-9H,4H2,1-3H3,(H,16,17). The van der Waals surface area contributed by atoms with Gasteiger partial charge >= 0.3 is 5.97 Å². The second-order valence-electron chi connectivity index (χ2n) is 4.66. The first-order valence-electron chi connectivity index (χ1n) is 6.31. The number of benzene rings is 1. The third-order valence-electron chi connectivity index (χ3n) is 2.81. The molecule has 1 heterocycles. The maximum atomic E-state index is 11.0. The number of aliphatic carboxylic acids is 1. The van der Waals surface area contributed by atoms with Crippen LogP contribution in [0.2, 0.25) is 0 Å². The van der Waals surface area contributed by atoms with Crippen molar-refractivity contribution < 1.29 is 14.6 Å². The number of aromatic nitrogens is 1. The van der Waals surface area contributed by atoms with Crippen molar-refractivity contribution in [3.63, 3.8) is 0 Å². The summed E-state index contributed by atoms with van der Waals surface area (Å²) in [7, 11) is 0. The Morgan fingerprint density at radius 1 is 1.47 bits per heavy atom. The van der Waals surface area contributed by atoms with E-state index in [2.05, 4.69) is 18.8 Å². The molecule has 0 amide bonds. The minimum Gasteiger partial charge on any atom is -0.479 e. The van der Waals surface area contributed by atoms with E-state index in [-0.39, 0.29) is 0 Å². The highest BCUT2D eigenvalue weighted by molar-refractivity contribution is 7.18. The van der Waals surface area contributed by atoms with Crippen molar-refractivity contribution in [2.24, 2.45) is 0 Å². The van der Waals surface area contributed by atoms with Gasteiger partial charge in [-0.05, 0) is 18.6 Å². The molecule has 102 valence electrons. The summed E-state index contributed by atoms with van der Waals surface area (Å²) in [6.07, 6.45) is -0.401. The molecule has 1 aromatic carbocycles. The van der Waals surface area contributed by atoms with Gasteiger partial charge in [-0.1, -0.05) is 26.8 Å². The molecule has 0 spiro atoms. The van der Waals surface area contributed by atoms with Crippen LogP contribution in [0.4, 0.5) is 0 Å². The SMILES string of the molecule is CCC(Oc1cccc2sc(C(C)C)nc12)C(=O)O. The number of rotatable bonds is 5. The number of hydrogen-bond acceptors (Lipinski definition) is 4. The van der Waals surface area contributed by atoms with E-state index >= 15 is 0 Å². The second kappa shape index (κ2) is 5.57. The molecule has 0 fully saturated rings. The maximum absolute atomic E-state index is 11.0. The van der Waals surface area contributed by atoms with Gasteiger partial charge in [-0.2, -0.15) is 0 Å². The van der Waals surface area contributed by atoms with Crippen molar-refractivity contribution >= 4 is 27.5 Å². The monoisotopic (exact) mass is 279 g/mol. The third kappa shape index (κ3) is 2.87. The molecular formula is C14H17NO3S. The molecule has 1 unspecified atom stereocenters. The Morgan fingerprint density at radius 2 is 2.21 bits per heavy atom. The van der Waals surface area contributed by atoms with E-state index in [1.165, 1.54) is 0 Å². The van der Waals surface area contributed by atoms with E-state index in [0.29, 0.717) is 18.1 Å². The van der Waals surface area contributed by atoms with Gasteiger partial charge in [-0.25, -0.2) is 9.78 Å². The van der Waals surface area contributed by atoms with Gasteiger partial charge in [0.25, 0.3) is 0 Å². The van der Waals surface area contributed by atoms with Crippen LogP contribution in [0.1, 0.15) is 38.1 Å². The zero-order valence-electron chi connectivity index (χ0n) is 11.2. The normalized spacial score (nSPS) is 12.8. The minimum atomic E-state index is -0.946. The smallest absolute Gasteiger partial charge is 0.344 e. The highest BCUT2D eigenvalue weighted by Crippen LogP contribution is 2.33. The number of carboxylic acid groups (broad SMARTS) is 1. The fourth-order valence-corrected chi connectivity index (χ4v) is 2.73. The molecular weight excluding hydrogens is 262 g/mol. The number of hydrogen-bond donors (Lipinski definition) is 1. The van der Waals surface area contributed by atoms with Crippen LogP contribution in [0.15, 0.2) is 18.2 Å². The van der Waals surface area contributed by atoms with Crippen LogP contribution in [0.25, 0.3) is 10.2 Å². The predicted molar refractivity (Wildman–Crippen MR) is 76.1 cm³/mol. The molecule has 0 saturated carbocycles. The van der Waals surface area contributed by atoms with Crippen LogP contribution < -0.4 is 4.74 Å². The van der Waals surface area contributed by atoms with Gasteiger partial charge in [0, 0.05) is 5.92 Å². The second-order valence-corrected chi connectivity index (χ2v) is 5.72. The van der Waals surface area contributed by atoms with Gasteiger partial charge in [0.1, 0.15) is 11.3 Å². The number of fused-ring (bicyclic) bond motifs is 1. The highest BCUT2D eigenvalue weighted by atomic mass is 32.1. The Balaban J connectivity index is 2.40. The summed E-state index contributed by atoms with van der Waals surface area (Å²) in [5.41, 5.74) is 0.760. The fourth-order valence-electron chi connectivity index (χ4n) is 1.74. The Hall–Kier alpha value is -1.62. The molecule has 0 saturated heterocycles. The molecule has 0 aliphatic carbocycles. The summed E-state index contributed by atoms with van der Waals surface area (Å²) in [6.45, 7) is 5.97. The molecule has 2 rings (SSSR count). The van der Waals surface area contributed by atoms with Gasteiger partial charge in [0.2, 0.25) is 0 Å². The number of nitrogens with zero attached hydrogens (tertiary/aromatic N) is 1. The quantitative estimate of drug-likeness (QED) is 0.907. The predicted octanol–water partition coefficient (Wildman–Crippen LogP) is 3.66. The van der Waals surface area contributed by atoms with E-state index in [1.54, 1.807) is 24.3 Å². The number of carboxylic acids is 1. The van der Waals surface area contributed by atoms with E-state index in [0.717, 1.165) is 15.2 Å².